The van der Waals surface area contributed by atoms with Gasteiger partial charge in [0, 0.05) is 63.6 Å². The Bertz CT molecular complexity index is 889. The number of nitrogens with one attached hydrogen (secondary N) is 1. The van der Waals surface area contributed by atoms with Gasteiger partial charge in [-0.1, -0.05) is 12.1 Å². The molecule has 0 saturated carbocycles. The van der Waals surface area contributed by atoms with Crippen molar-refractivity contribution >= 4 is 23.6 Å². The van der Waals surface area contributed by atoms with E-state index in [1.54, 1.807) is 4.90 Å². The third kappa shape index (κ3) is 13.7. The summed E-state index contributed by atoms with van der Waals surface area (Å²) in [6.07, 6.45) is 1.37. The summed E-state index contributed by atoms with van der Waals surface area (Å²) in [5.41, 5.74) is 2.18. The first-order valence-corrected chi connectivity index (χ1v) is 13.3. The number of anilines is 1. The summed E-state index contributed by atoms with van der Waals surface area (Å²) in [7, 11) is 0. The number of hydrogen-bond donors (Lipinski definition) is 4. The van der Waals surface area contributed by atoms with Gasteiger partial charge in [0.1, 0.15) is 0 Å². The lowest BCUT2D eigenvalue weighted by atomic mass is 10.1. The molecule has 0 atom stereocenters. The first-order chi connectivity index (χ1) is 17.9. The predicted molar refractivity (Wildman–Crippen MR) is 147 cm³/mol. The molecular formula is C27H45N5O6. The third-order valence-electron chi connectivity index (χ3n) is 6.32. The zero-order valence-electron chi connectivity index (χ0n) is 23.1. The van der Waals surface area contributed by atoms with E-state index < -0.39 is 17.9 Å². The van der Waals surface area contributed by atoms with Crippen LogP contribution in [0.25, 0.3) is 0 Å². The van der Waals surface area contributed by atoms with E-state index in [1.807, 2.05) is 9.80 Å². The van der Waals surface area contributed by atoms with Gasteiger partial charge in [0.2, 0.25) is 0 Å². The van der Waals surface area contributed by atoms with Gasteiger partial charge in [0.25, 0.3) is 0 Å². The predicted octanol–water partition coefficient (Wildman–Crippen LogP) is 1.65. The Balaban J connectivity index is 2.13. The van der Waals surface area contributed by atoms with Crippen LogP contribution in [0, 0.1) is 0 Å². The van der Waals surface area contributed by atoms with Crippen LogP contribution in [0.1, 0.15) is 39.2 Å². The van der Waals surface area contributed by atoms with Crippen molar-refractivity contribution in [3.05, 3.63) is 29.8 Å². The van der Waals surface area contributed by atoms with Crippen LogP contribution in [0.4, 0.5) is 5.69 Å². The maximum atomic E-state index is 11.5. The molecule has 1 aromatic carbocycles. The summed E-state index contributed by atoms with van der Waals surface area (Å²) in [4.78, 5) is 42.1. The number of aliphatic carboxylic acids is 3. The van der Waals surface area contributed by atoms with Gasteiger partial charge < -0.3 is 20.6 Å². The molecule has 0 amide bonds. The fourth-order valence-corrected chi connectivity index (χ4v) is 4.64. The molecule has 1 fully saturated rings. The van der Waals surface area contributed by atoms with Crippen molar-refractivity contribution in [2.45, 2.75) is 45.7 Å². The Hall–Kier alpha value is -2.73. The first kappa shape index (κ1) is 31.5. The number of carbonyl (C=O) groups is 3. The summed E-state index contributed by atoms with van der Waals surface area (Å²) in [6, 6.07) is 8.34. The third-order valence-corrected chi connectivity index (χ3v) is 6.32. The highest BCUT2D eigenvalue weighted by atomic mass is 16.4. The normalized spacial score (nSPS) is 18.5. The molecule has 11 nitrogen and oxygen atoms in total. The highest BCUT2D eigenvalue weighted by molar-refractivity contribution is 5.69. The molecular weight excluding hydrogens is 490 g/mol. The van der Waals surface area contributed by atoms with E-state index >= 15 is 0 Å². The average Bonchev–Trinajstić information content (AvgIpc) is 2.79. The highest BCUT2D eigenvalue weighted by Gasteiger charge is 2.18. The number of nitrogens with zero attached hydrogens (tertiary/aromatic N) is 4. The van der Waals surface area contributed by atoms with E-state index in [2.05, 4.69) is 55.3 Å². The van der Waals surface area contributed by atoms with Crippen molar-refractivity contribution in [3.8, 4) is 0 Å². The zero-order chi connectivity index (χ0) is 28.1. The zero-order valence-corrected chi connectivity index (χ0v) is 23.1. The number of carboxylic acids is 3. The van der Waals surface area contributed by atoms with Crippen molar-refractivity contribution in [2.75, 3.05) is 77.3 Å². The lowest BCUT2D eigenvalue weighted by Gasteiger charge is -2.31. The molecule has 38 heavy (non-hydrogen) atoms. The summed E-state index contributed by atoms with van der Waals surface area (Å²) in [6.45, 7) is 11.3. The molecule has 0 bridgehead atoms. The molecule has 0 aromatic heterocycles. The maximum absolute atomic E-state index is 11.5. The Morgan fingerprint density at radius 3 is 1.39 bits per heavy atom. The van der Waals surface area contributed by atoms with Crippen LogP contribution < -0.4 is 5.32 Å². The molecule has 2 rings (SSSR count). The summed E-state index contributed by atoms with van der Waals surface area (Å²) in [5.74, 6) is -2.72. The lowest BCUT2D eigenvalue weighted by Crippen LogP contribution is -2.44. The highest BCUT2D eigenvalue weighted by Crippen LogP contribution is 2.16. The second-order valence-corrected chi connectivity index (χ2v) is 11.1. The average molecular weight is 536 g/mol. The van der Waals surface area contributed by atoms with Gasteiger partial charge in [-0.3, -0.25) is 34.0 Å². The van der Waals surface area contributed by atoms with Gasteiger partial charge >= 0.3 is 17.9 Å². The number of hydrogen-bond acceptors (Lipinski definition) is 8. The second kappa shape index (κ2) is 15.6. The summed E-state index contributed by atoms with van der Waals surface area (Å²) >= 11 is 0. The van der Waals surface area contributed by atoms with E-state index in [4.69, 9.17) is 0 Å². The Morgan fingerprint density at radius 1 is 0.658 bits per heavy atom. The van der Waals surface area contributed by atoms with Crippen LogP contribution in [0.15, 0.2) is 24.3 Å². The van der Waals surface area contributed by atoms with Gasteiger partial charge in [0.05, 0.1) is 19.6 Å². The van der Waals surface area contributed by atoms with Crippen LogP contribution in [0.3, 0.4) is 0 Å². The molecule has 11 heteroatoms. The largest absolute Gasteiger partial charge is 0.480 e. The monoisotopic (exact) mass is 535 g/mol. The Kier molecular flexibility index (Phi) is 12.9. The van der Waals surface area contributed by atoms with Crippen molar-refractivity contribution in [1.29, 1.82) is 0 Å². The SMILES string of the molecule is CC(C)(C)Nc1ccc(CN2CCCN(CC(=O)O)CCN(CC(=O)O)CCCN(CC(=O)O)CC2)cc1. The van der Waals surface area contributed by atoms with Gasteiger partial charge in [-0.25, -0.2) is 0 Å². The van der Waals surface area contributed by atoms with Crippen molar-refractivity contribution < 1.29 is 29.7 Å². The Labute approximate surface area is 226 Å². The van der Waals surface area contributed by atoms with Crippen molar-refractivity contribution in [2.24, 2.45) is 0 Å². The van der Waals surface area contributed by atoms with Crippen LogP contribution in [0.2, 0.25) is 0 Å². The van der Waals surface area contributed by atoms with E-state index in [0.717, 1.165) is 24.2 Å². The minimum atomic E-state index is -0.934. The van der Waals surface area contributed by atoms with E-state index in [1.165, 1.54) is 0 Å². The molecule has 0 radical (unpaired) electrons. The number of benzene rings is 1. The molecule has 214 valence electrons. The fraction of sp³-hybridized carbons (Fsp3) is 0.667. The minimum absolute atomic E-state index is 0.0315. The molecule has 0 unspecified atom stereocenters. The van der Waals surface area contributed by atoms with Gasteiger partial charge in [-0.05, 0) is 57.9 Å². The molecule has 1 saturated heterocycles. The first-order valence-electron chi connectivity index (χ1n) is 13.3. The van der Waals surface area contributed by atoms with Crippen molar-refractivity contribution in [1.82, 2.24) is 19.6 Å². The number of carboxylic acid groups (broad SMARTS) is 3. The number of rotatable bonds is 9. The van der Waals surface area contributed by atoms with Gasteiger partial charge in [-0.2, -0.15) is 0 Å². The van der Waals surface area contributed by atoms with E-state index in [-0.39, 0.29) is 25.2 Å². The molecule has 1 heterocycles. The molecule has 0 spiro atoms. The van der Waals surface area contributed by atoms with Crippen LogP contribution in [-0.2, 0) is 20.9 Å². The fourth-order valence-electron chi connectivity index (χ4n) is 4.64. The standard InChI is InChI=1S/C27H45N5O6/c1-27(2,3)28-23-8-6-22(7-9-23)18-29-10-4-11-31(20-25(35)36)16-17-32(21-26(37)38)13-5-12-30(15-14-29)19-24(33)34/h6-9,28H,4-5,10-21H2,1-3H3,(H,33,34)(H,35,36)(H,37,38). The summed E-state index contributed by atoms with van der Waals surface area (Å²) in [5, 5.41) is 31.5. The van der Waals surface area contributed by atoms with E-state index in [0.29, 0.717) is 58.8 Å². The van der Waals surface area contributed by atoms with Crippen LogP contribution >= 0.6 is 0 Å². The van der Waals surface area contributed by atoms with Gasteiger partial charge in [-0.15, -0.1) is 0 Å². The second-order valence-electron chi connectivity index (χ2n) is 11.1. The maximum Gasteiger partial charge on any atom is 0.317 e. The van der Waals surface area contributed by atoms with Crippen LogP contribution in [-0.4, -0.2) is 130 Å². The quantitative estimate of drug-likeness (QED) is 0.367. The van der Waals surface area contributed by atoms with Crippen molar-refractivity contribution in [3.63, 3.8) is 0 Å². The van der Waals surface area contributed by atoms with E-state index in [9.17, 15) is 29.7 Å². The smallest absolute Gasteiger partial charge is 0.317 e. The topological polar surface area (TPSA) is 137 Å². The lowest BCUT2D eigenvalue weighted by molar-refractivity contribution is -0.140. The molecule has 1 aliphatic heterocycles. The van der Waals surface area contributed by atoms with Gasteiger partial charge in [0.15, 0.2) is 0 Å². The minimum Gasteiger partial charge on any atom is -0.480 e. The van der Waals surface area contributed by atoms with Crippen LogP contribution in [0.5, 0.6) is 0 Å². The Morgan fingerprint density at radius 2 is 1.03 bits per heavy atom. The molecule has 0 aliphatic carbocycles. The summed E-state index contributed by atoms with van der Waals surface area (Å²) < 4.78 is 0. The molecule has 4 N–H and O–H groups in total. The molecule has 1 aromatic rings. The molecule has 1 aliphatic rings.